The van der Waals surface area contributed by atoms with Gasteiger partial charge in [0, 0.05) is 11.5 Å². The highest BCUT2D eigenvalue weighted by Crippen LogP contribution is 2.63. The van der Waals surface area contributed by atoms with Gasteiger partial charge in [0.1, 0.15) is 0 Å². The molecule has 0 aromatic heterocycles. The summed E-state index contributed by atoms with van der Waals surface area (Å²) >= 11 is 0. The summed E-state index contributed by atoms with van der Waals surface area (Å²) in [4.78, 5) is 12.4. The van der Waals surface area contributed by atoms with Gasteiger partial charge in [0.25, 0.3) is 0 Å². The molecule has 0 radical (unpaired) electrons. The zero-order valence-corrected chi connectivity index (χ0v) is 10.5. The second kappa shape index (κ2) is 3.23. The summed E-state index contributed by atoms with van der Waals surface area (Å²) < 4.78 is 15.0. The van der Waals surface area contributed by atoms with Crippen molar-refractivity contribution in [3.05, 3.63) is 35.4 Å². The smallest absolute Gasteiger partial charge is 0.200 e. The molecule has 2 bridgehead atoms. The predicted octanol–water partition coefficient (Wildman–Crippen LogP) is 3.74. The van der Waals surface area contributed by atoms with E-state index in [9.17, 15) is 4.79 Å². The summed E-state index contributed by atoms with van der Waals surface area (Å²) in [5, 5.41) is 0. The van der Waals surface area contributed by atoms with Gasteiger partial charge in [-0.25, -0.2) is 4.39 Å². The van der Waals surface area contributed by atoms with Crippen molar-refractivity contribution in [3.63, 3.8) is 0 Å². The Kier molecular flexibility index (Phi) is 1.92. The maximum absolute atomic E-state index is 15.0. The molecular formula is C16H17FO. The van der Waals surface area contributed by atoms with Crippen molar-refractivity contribution in [1.29, 1.82) is 0 Å². The summed E-state index contributed by atoms with van der Waals surface area (Å²) in [6.07, 6.45) is 3.45. The molecule has 18 heavy (non-hydrogen) atoms. The minimum atomic E-state index is -1.65. The van der Waals surface area contributed by atoms with E-state index in [4.69, 9.17) is 0 Å². The number of rotatable bonds is 0. The van der Waals surface area contributed by atoms with Gasteiger partial charge in [0.15, 0.2) is 11.5 Å². The van der Waals surface area contributed by atoms with Crippen molar-refractivity contribution >= 4 is 5.78 Å². The van der Waals surface area contributed by atoms with Gasteiger partial charge < -0.3 is 0 Å². The fourth-order valence-corrected chi connectivity index (χ4v) is 4.93. The van der Waals surface area contributed by atoms with E-state index in [1.807, 2.05) is 18.2 Å². The molecule has 5 atom stereocenters. The van der Waals surface area contributed by atoms with Crippen LogP contribution >= 0.6 is 0 Å². The number of ketones is 1. The Bertz CT molecular complexity index is 534. The molecule has 2 fully saturated rings. The zero-order chi connectivity index (χ0) is 12.5. The summed E-state index contributed by atoms with van der Waals surface area (Å²) in [6.45, 7) is 1.52. The zero-order valence-electron chi connectivity index (χ0n) is 10.5. The van der Waals surface area contributed by atoms with Crippen LogP contribution in [-0.2, 0) is 0 Å². The van der Waals surface area contributed by atoms with Gasteiger partial charge in [-0.3, -0.25) is 4.79 Å². The van der Waals surface area contributed by atoms with Gasteiger partial charge in [-0.1, -0.05) is 24.3 Å². The van der Waals surface area contributed by atoms with Crippen molar-refractivity contribution in [2.24, 2.45) is 17.8 Å². The molecule has 0 amide bonds. The van der Waals surface area contributed by atoms with Crippen LogP contribution < -0.4 is 0 Å². The number of carbonyl (C=O) groups excluding carboxylic acids is 1. The number of hydrogen-bond acceptors (Lipinski definition) is 1. The number of benzene rings is 1. The molecule has 0 spiro atoms. The molecule has 2 saturated carbocycles. The number of halogens is 1. The van der Waals surface area contributed by atoms with Crippen molar-refractivity contribution in [2.75, 3.05) is 0 Å². The molecule has 0 aliphatic heterocycles. The third kappa shape index (κ3) is 1.10. The average molecular weight is 244 g/mol. The summed E-state index contributed by atoms with van der Waals surface area (Å²) in [6, 6.07) is 7.68. The third-order valence-electron chi connectivity index (χ3n) is 5.55. The Morgan fingerprint density at radius 1 is 1.22 bits per heavy atom. The first-order valence-corrected chi connectivity index (χ1v) is 6.93. The Labute approximate surface area is 106 Å². The van der Waals surface area contributed by atoms with Crippen LogP contribution in [0.2, 0.25) is 0 Å². The van der Waals surface area contributed by atoms with Gasteiger partial charge in [0.05, 0.1) is 0 Å². The molecule has 1 aromatic carbocycles. The highest BCUT2D eigenvalue weighted by atomic mass is 19.1. The number of Topliss-reactive ketones (excluding diaryl/α,β-unsaturated/α-hetero) is 1. The fourth-order valence-electron chi connectivity index (χ4n) is 4.93. The van der Waals surface area contributed by atoms with Crippen molar-refractivity contribution < 1.29 is 9.18 Å². The molecule has 3 aliphatic rings. The lowest BCUT2D eigenvalue weighted by Crippen LogP contribution is -2.48. The Morgan fingerprint density at radius 2 is 1.94 bits per heavy atom. The van der Waals surface area contributed by atoms with E-state index in [0.717, 1.165) is 18.4 Å². The third-order valence-corrected chi connectivity index (χ3v) is 5.55. The van der Waals surface area contributed by atoms with Gasteiger partial charge in [0.2, 0.25) is 0 Å². The van der Waals surface area contributed by atoms with E-state index < -0.39 is 5.67 Å². The van der Waals surface area contributed by atoms with Gasteiger partial charge in [-0.05, 0) is 49.5 Å². The van der Waals surface area contributed by atoms with E-state index in [1.54, 1.807) is 6.07 Å². The number of carbonyl (C=O) groups is 1. The maximum atomic E-state index is 15.0. The number of fused-ring (bicyclic) bond motifs is 7. The van der Waals surface area contributed by atoms with Crippen LogP contribution in [0, 0.1) is 17.8 Å². The SMILES string of the molecule is CC1(F)C(=O)c2ccccc2C2C1[C@@H]1CC[C@H]2C1. The van der Waals surface area contributed by atoms with Crippen molar-refractivity contribution in [1.82, 2.24) is 0 Å². The van der Waals surface area contributed by atoms with Crippen LogP contribution in [0.1, 0.15) is 48.0 Å². The molecule has 0 saturated heterocycles. The molecule has 94 valence electrons. The molecule has 1 aromatic rings. The quantitative estimate of drug-likeness (QED) is 0.679. The van der Waals surface area contributed by atoms with Gasteiger partial charge >= 0.3 is 0 Å². The van der Waals surface area contributed by atoms with Crippen LogP contribution in [-0.4, -0.2) is 11.5 Å². The molecule has 0 N–H and O–H groups in total. The molecule has 0 heterocycles. The normalized spacial score (nSPS) is 44.9. The van der Waals surface area contributed by atoms with Crippen LogP contribution in [0.25, 0.3) is 0 Å². The molecule has 2 heteroatoms. The monoisotopic (exact) mass is 244 g/mol. The van der Waals surface area contributed by atoms with E-state index >= 15 is 4.39 Å². The van der Waals surface area contributed by atoms with E-state index in [1.165, 1.54) is 13.3 Å². The number of hydrogen-bond donors (Lipinski definition) is 0. The maximum Gasteiger partial charge on any atom is 0.200 e. The van der Waals surface area contributed by atoms with E-state index in [-0.39, 0.29) is 17.6 Å². The lowest BCUT2D eigenvalue weighted by Gasteiger charge is -2.43. The second-order valence-electron chi connectivity index (χ2n) is 6.38. The molecule has 1 nitrogen and oxygen atoms in total. The topological polar surface area (TPSA) is 17.1 Å². The lowest BCUT2D eigenvalue weighted by atomic mass is 9.62. The molecular weight excluding hydrogens is 227 g/mol. The minimum absolute atomic E-state index is 0.0707. The Hall–Kier alpha value is -1.18. The van der Waals surface area contributed by atoms with Crippen LogP contribution in [0.5, 0.6) is 0 Å². The fraction of sp³-hybridized carbons (Fsp3) is 0.562. The lowest BCUT2D eigenvalue weighted by molar-refractivity contribution is 0.0310. The summed E-state index contributed by atoms with van der Waals surface area (Å²) in [5.74, 6) is 0.954. The molecule has 3 aliphatic carbocycles. The summed E-state index contributed by atoms with van der Waals surface area (Å²) in [5.41, 5.74) is 0.102. The Morgan fingerprint density at radius 3 is 2.78 bits per heavy atom. The first kappa shape index (κ1) is 10.7. The van der Waals surface area contributed by atoms with Crippen LogP contribution in [0.3, 0.4) is 0 Å². The van der Waals surface area contributed by atoms with E-state index in [2.05, 4.69) is 0 Å². The summed E-state index contributed by atoms with van der Waals surface area (Å²) in [7, 11) is 0. The second-order valence-corrected chi connectivity index (χ2v) is 6.38. The van der Waals surface area contributed by atoms with Gasteiger partial charge in [-0.15, -0.1) is 0 Å². The Balaban J connectivity index is 1.96. The van der Waals surface area contributed by atoms with Crippen molar-refractivity contribution in [2.45, 2.75) is 37.8 Å². The largest absolute Gasteiger partial charge is 0.291 e. The van der Waals surface area contributed by atoms with Crippen LogP contribution in [0.4, 0.5) is 4.39 Å². The highest BCUT2D eigenvalue weighted by Gasteiger charge is 2.61. The molecule has 4 rings (SSSR count). The van der Waals surface area contributed by atoms with E-state index in [0.29, 0.717) is 17.4 Å². The van der Waals surface area contributed by atoms with Crippen molar-refractivity contribution in [3.8, 4) is 0 Å². The highest BCUT2D eigenvalue weighted by molar-refractivity contribution is 6.05. The first-order valence-electron chi connectivity index (χ1n) is 6.93. The first-order chi connectivity index (χ1) is 8.60. The number of alkyl halides is 1. The standard InChI is InChI=1S/C16H17FO/c1-16(17)14-10-7-6-9(8-10)13(14)11-4-2-3-5-12(11)15(16)18/h2-5,9-10,13-14H,6-8H2,1H3/t9-,10+,13?,14?,16?/m0/s1. The predicted molar refractivity (Wildman–Crippen MR) is 67.3 cm³/mol. The molecule has 3 unspecified atom stereocenters. The van der Waals surface area contributed by atoms with Gasteiger partial charge in [-0.2, -0.15) is 0 Å². The average Bonchev–Trinajstić information content (AvgIpc) is 2.97. The van der Waals surface area contributed by atoms with Crippen LogP contribution in [0.15, 0.2) is 24.3 Å². The minimum Gasteiger partial charge on any atom is -0.291 e.